The smallest absolute Gasteiger partial charge is 0.182 e. The Morgan fingerprint density at radius 3 is 2.33 bits per heavy atom. The van der Waals surface area contributed by atoms with Crippen LogP contribution in [0, 0.1) is 5.92 Å². The second-order valence-corrected chi connectivity index (χ2v) is 4.32. The largest absolute Gasteiger partial charge is 0.285 e. The van der Waals surface area contributed by atoms with Gasteiger partial charge in [-0.3, -0.25) is 5.32 Å². The lowest BCUT2D eigenvalue weighted by Crippen LogP contribution is -2.34. The molecule has 0 saturated heterocycles. The predicted octanol–water partition coefficient (Wildman–Crippen LogP) is 3.84. The summed E-state index contributed by atoms with van der Waals surface area (Å²) < 4.78 is 26.3. The van der Waals surface area contributed by atoms with Gasteiger partial charge in [0.1, 0.15) is 6.17 Å². The van der Waals surface area contributed by atoms with Crippen molar-refractivity contribution < 1.29 is 8.78 Å². The summed E-state index contributed by atoms with van der Waals surface area (Å²) in [6, 6.07) is 0. The molecule has 0 spiro atoms. The van der Waals surface area contributed by atoms with Gasteiger partial charge in [0.25, 0.3) is 0 Å². The molecule has 0 bridgehead atoms. The van der Waals surface area contributed by atoms with Crippen molar-refractivity contribution in [3.63, 3.8) is 0 Å². The zero-order chi connectivity index (χ0) is 11.7. The van der Waals surface area contributed by atoms with E-state index < -0.39 is 12.5 Å². The minimum Gasteiger partial charge on any atom is -0.285 e. The van der Waals surface area contributed by atoms with Crippen molar-refractivity contribution in [3.8, 4) is 0 Å². The van der Waals surface area contributed by atoms with Gasteiger partial charge >= 0.3 is 0 Å². The van der Waals surface area contributed by atoms with Crippen LogP contribution in [0.5, 0.6) is 0 Å². The van der Waals surface area contributed by atoms with Gasteiger partial charge in [0.05, 0.1) is 0 Å². The lowest BCUT2D eigenvalue weighted by molar-refractivity contribution is 0.124. The molecule has 0 aromatic carbocycles. The number of unbranched alkanes of at least 4 members (excludes halogenated alkanes) is 1. The molecule has 0 radical (unpaired) electrons. The highest BCUT2D eigenvalue weighted by Gasteiger charge is 2.18. The number of nitrogens with one attached hydrogen (secondary N) is 1. The van der Waals surface area contributed by atoms with Crippen LogP contribution in [0.3, 0.4) is 0 Å². The van der Waals surface area contributed by atoms with Gasteiger partial charge in [-0.05, 0) is 25.3 Å². The second kappa shape index (κ2) is 9.08. The fourth-order valence-corrected chi connectivity index (χ4v) is 1.35. The molecule has 3 heteroatoms. The van der Waals surface area contributed by atoms with Crippen LogP contribution >= 0.6 is 0 Å². The maximum absolute atomic E-state index is 13.2. The van der Waals surface area contributed by atoms with E-state index in [2.05, 4.69) is 19.2 Å². The Morgan fingerprint density at radius 1 is 1.13 bits per heavy atom. The quantitative estimate of drug-likeness (QED) is 0.583. The molecule has 1 nitrogen and oxygen atoms in total. The number of alkyl halides is 2. The van der Waals surface area contributed by atoms with Crippen LogP contribution in [0.15, 0.2) is 0 Å². The summed E-state index contributed by atoms with van der Waals surface area (Å²) in [5.74, 6) is 0.582. The van der Waals surface area contributed by atoms with Crippen LogP contribution in [0.2, 0.25) is 0 Å². The first-order chi connectivity index (χ1) is 7.11. The third-order valence-corrected chi connectivity index (χ3v) is 2.82. The average Bonchev–Trinajstić information content (AvgIpc) is 2.25. The predicted molar refractivity (Wildman–Crippen MR) is 61.4 cm³/mol. The first-order valence-corrected chi connectivity index (χ1v) is 6.13. The van der Waals surface area contributed by atoms with Crippen LogP contribution in [-0.2, 0) is 0 Å². The SMILES string of the molecule is CCCCC(F)C(F)NCCC(C)CC. The van der Waals surface area contributed by atoms with Crippen LogP contribution in [0.4, 0.5) is 8.78 Å². The van der Waals surface area contributed by atoms with Crippen molar-refractivity contribution in [2.45, 2.75) is 65.3 Å². The van der Waals surface area contributed by atoms with E-state index in [1.54, 1.807) is 0 Å². The van der Waals surface area contributed by atoms with Gasteiger partial charge in [0.15, 0.2) is 6.30 Å². The molecule has 0 aromatic rings. The van der Waals surface area contributed by atoms with Gasteiger partial charge in [-0.15, -0.1) is 0 Å². The molecular formula is C12H25F2N. The first-order valence-electron chi connectivity index (χ1n) is 6.13. The maximum atomic E-state index is 13.2. The Bertz CT molecular complexity index is 142. The topological polar surface area (TPSA) is 12.0 Å². The number of hydrogen-bond acceptors (Lipinski definition) is 1. The van der Waals surface area contributed by atoms with Gasteiger partial charge in [0, 0.05) is 0 Å². The minimum absolute atomic E-state index is 0.327. The van der Waals surface area contributed by atoms with Crippen molar-refractivity contribution in [2.75, 3.05) is 6.54 Å². The van der Waals surface area contributed by atoms with Crippen molar-refractivity contribution >= 4 is 0 Å². The first kappa shape index (κ1) is 14.8. The van der Waals surface area contributed by atoms with E-state index in [1.165, 1.54) is 0 Å². The van der Waals surface area contributed by atoms with Crippen molar-refractivity contribution in [2.24, 2.45) is 5.92 Å². The Balaban J connectivity index is 3.50. The molecule has 0 aromatic heterocycles. The summed E-state index contributed by atoms with van der Waals surface area (Å²) in [4.78, 5) is 0. The minimum atomic E-state index is -1.49. The van der Waals surface area contributed by atoms with Crippen LogP contribution < -0.4 is 5.32 Å². The summed E-state index contributed by atoms with van der Waals surface area (Å²) in [5, 5.41) is 2.61. The standard InChI is InChI=1S/C12H25F2N/c1-4-6-7-11(13)12(14)15-9-8-10(3)5-2/h10-12,15H,4-9H2,1-3H3. The zero-order valence-corrected chi connectivity index (χ0v) is 10.2. The highest BCUT2D eigenvalue weighted by molar-refractivity contribution is 4.66. The Labute approximate surface area is 92.6 Å². The fourth-order valence-electron chi connectivity index (χ4n) is 1.35. The summed E-state index contributed by atoms with van der Waals surface area (Å²) in [5.41, 5.74) is 0. The van der Waals surface area contributed by atoms with Crippen LogP contribution in [0.1, 0.15) is 52.9 Å². The van der Waals surface area contributed by atoms with Crippen molar-refractivity contribution in [1.82, 2.24) is 5.32 Å². The van der Waals surface area contributed by atoms with Gasteiger partial charge in [-0.1, -0.05) is 40.0 Å². The van der Waals surface area contributed by atoms with E-state index in [1.807, 2.05) is 6.92 Å². The Hall–Kier alpha value is -0.180. The summed E-state index contributed by atoms with van der Waals surface area (Å²) in [7, 11) is 0. The van der Waals surface area contributed by atoms with Gasteiger partial charge < -0.3 is 0 Å². The molecule has 0 heterocycles. The molecule has 3 atom stereocenters. The molecule has 0 aliphatic heterocycles. The van der Waals surface area contributed by atoms with Crippen molar-refractivity contribution in [3.05, 3.63) is 0 Å². The lowest BCUT2D eigenvalue weighted by atomic mass is 10.1. The van der Waals surface area contributed by atoms with E-state index in [9.17, 15) is 8.78 Å². The number of hydrogen-bond donors (Lipinski definition) is 1. The van der Waals surface area contributed by atoms with E-state index in [0.717, 1.165) is 25.7 Å². The van der Waals surface area contributed by atoms with E-state index in [4.69, 9.17) is 0 Å². The monoisotopic (exact) mass is 221 g/mol. The molecule has 0 rings (SSSR count). The fraction of sp³-hybridized carbons (Fsp3) is 1.00. The molecular weight excluding hydrogens is 196 g/mol. The Morgan fingerprint density at radius 2 is 1.80 bits per heavy atom. The summed E-state index contributed by atoms with van der Waals surface area (Å²) >= 11 is 0. The molecule has 0 fully saturated rings. The third kappa shape index (κ3) is 7.71. The van der Waals surface area contributed by atoms with E-state index in [0.29, 0.717) is 18.9 Å². The average molecular weight is 221 g/mol. The second-order valence-electron chi connectivity index (χ2n) is 4.32. The Kier molecular flexibility index (Phi) is 8.97. The van der Waals surface area contributed by atoms with Gasteiger partial charge in [-0.2, -0.15) is 0 Å². The molecule has 0 saturated carbocycles. The van der Waals surface area contributed by atoms with Gasteiger partial charge in [0.2, 0.25) is 0 Å². The molecule has 3 unspecified atom stereocenters. The van der Waals surface area contributed by atoms with E-state index in [-0.39, 0.29) is 0 Å². The molecule has 1 N–H and O–H groups in total. The van der Waals surface area contributed by atoms with Crippen molar-refractivity contribution in [1.29, 1.82) is 0 Å². The summed E-state index contributed by atoms with van der Waals surface area (Å²) in [6.45, 7) is 6.79. The summed E-state index contributed by atoms with van der Waals surface area (Å²) in [6.07, 6.45) is 1.18. The number of rotatable bonds is 9. The molecule has 15 heavy (non-hydrogen) atoms. The molecule has 92 valence electrons. The van der Waals surface area contributed by atoms with Crippen LogP contribution in [-0.4, -0.2) is 19.0 Å². The molecule has 0 aliphatic carbocycles. The number of halogens is 2. The maximum Gasteiger partial charge on any atom is 0.182 e. The lowest BCUT2D eigenvalue weighted by Gasteiger charge is -2.16. The third-order valence-electron chi connectivity index (χ3n) is 2.82. The normalized spacial score (nSPS) is 17.4. The molecule has 0 aliphatic rings. The van der Waals surface area contributed by atoms with Gasteiger partial charge in [-0.25, -0.2) is 8.78 Å². The highest BCUT2D eigenvalue weighted by atomic mass is 19.2. The highest BCUT2D eigenvalue weighted by Crippen LogP contribution is 2.11. The molecule has 0 amide bonds. The van der Waals surface area contributed by atoms with Crippen LogP contribution in [0.25, 0.3) is 0 Å². The zero-order valence-electron chi connectivity index (χ0n) is 10.2. The van der Waals surface area contributed by atoms with E-state index >= 15 is 0 Å².